The molecule has 0 aromatic carbocycles. The van der Waals surface area contributed by atoms with Crippen LogP contribution in [0.3, 0.4) is 0 Å². The highest BCUT2D eigenvalue weighted by Gasteiger charge is 2.32. The van der Waals surface area contributed by atoms with E-state index < -0.39 is 0 Å². The van der Waals surface area contributed by atoms with Gasteiger partial charge >= 0.3 is 0 Å². The average Bonchev–Trinajstić information content (AvgIpc) is 2.82. The van der Waals surface area contributed by atoms with Gasteiger partial charge in [0.1, 0.15) is 0 Å². The van der Waals surface area contributed by atoms with Crippen molar-refractivity contribution in [3.05, 3.63) is 0 Å². The van der Waals surface area contributed by atoms with E-state index in [0.29, 0.717) is 5.41 Å². The first-order valence-electron chi connectivity index (χ1n) is 6.33. The minimum atomic E-state index is 0.395. The molecule has 0 aliphatic heterocycles. The van der Waals surface area contributed by atoms with Gasteiger partial charge in [-0.05, 0) is 31.2 Å². The van der Waals surface area contributed by atoms with Gasteiger partial charge in [0.15, 0.2) is 0 Å². The summed E-state index contributed by atoms with van der Waals surface area (Å²) in [6, 6.07) is 0.892. The van der Waals surface area contributed by atoms with Gasteiger partial charge in [-0.1, -0.05) is 27.7 Å². The lowest BCUT2D eigenvalue weighted by molar-refractivity contribution is 0.153. The highest BCUT2D eigenvalue weighted by molar-refractivity contribution is 4.88. The Hall–Kier alpha value is -0.0800. The summed E-state index contributed by atoms with van der Waals surface area (Å²) in [5.41, 5.74) is 0.395. The zero-order valence-corrected chi connectivity index (χ0v) is 11.1. The zero-order valence-electron chi connectivity index (χ0n) is 11.1. The average molecular weight is 212 g/mol. The van der Waals surface area contributed by atoms with Crippen LogP contribution in [0.25, 0.3) is 0 Å². The first-order valence-corrected chi connectivity index (χ1v) is 6.33. The summed E-state index contributed by atoms with van der Waals surface area (Å²) in [5, 5.41) is 3.30. The summed E-state index contributed by atoms with van der Waals surface area (Å²) < 4.78 is 0. The molecular formula is C13H28N2. The van der Waals surface area contributed by atoms with Gasteiger partial charge < -0.3 is 5.32 Å². The smallest absolute Gasteiger partial charge is 0.00967 e. The van der Waals surface area contributed by atoms with Crippen molar-refractivity contribution in [2.75, 3.05) is 26.7 Å². The zero-order chi connectivity index (χ0) is 11.5. The highest BCUT2D eigenvalue weighted by Crippen LogP contribution is 2.30. The normalized spacial score (nSPS) is 17.8. The van der Waals surface area contributed by atoms with Gasteiger partial charge in [-0.3, -0.25) is 4.90 Å². The summed E-state index contributed by atoms with van der Waals surface area (Å²) in [6.45, 7) is 13.0. The predicted octanol–water partition coefficient (Wildman–Crippen LogP) is 2.35. The summed E-state index contributed by atoms with van der Waals surface area (Å²) >= 11 is 0. The molecule has 1 aliphatic carbocycles. The summed E-state index contributed by atoms with van der Waals surface area (Å²) in [7, 11) is 2.05. The van der Waals surface area contributed by atoms with Crippen molar-refractivity contribution in [2.24, 2.45) is 11.3 Å². The van der Waals surface area contributed by atoms with Crippen molar-refractivity contribution < 1.29 is 0 Å². The molecule has 0 unspecified atom stereocenters. The molecule has 0 aromatic heterocycles. The molecule has 0 heterocycles. The van der Waals surface area contributed by atoms with Crippen LogP contribution in [-0.2, 0) is 0 Å². The largest absolute Gasteiger partial charge is 0.319 e. The molecule has 1 N–H and O–H groups in total. The number of hydrogen-bond acceptors (Lipinski definition) is 2. The lowest BCUT2D eigenvalue weighted by atomic mass is 9.92. The second kappa shape index (κ2) is 5.31. The van der Waals surface area contributed by atoms with E-state index in [1.165, 1.54) is 25.9 Å². The van der Waals surface area contributed by atoms with Gasteiger partial charge in [-0.2, -0.15) is 0 Å². The van der Waals surface area contributed by atoms with Crippen LogP contribution >= 0.6 is 0 Å². The first kappa shape index (κ1) is 13.0. The van der Waals surface area contributed by atoms with Crippen LogP contribution in [0.5, 0.6) is 0 Å². The van der Waals surface area contributed by atoms with Crippen molar-refractivity contribution >= 4 is 0 Å². The Kier molecular flexibility index (Phi) is 4.60. The van der Waals surface area contributed by atoms with Crippen LogP contribution in [0.2, 0.25) is 0 Å². The standard InChI is InChI=1S/C13H28N2/c1-11(2)8-15(12-6-7-12)10-13(3,4)9-14-5/h11-12,14H,6-10H2,1-5H3. The van der Waals surface area contributed by atoms with Crippen molar-refractivity contribution in [1.29, 1.82) is 0 Å². The Morgan fingerprint density at radius 1 is 1.33 bits per heavy atom. The van der Waals surface area contributed by atoms with E-state index in [2.05, 4.69) is 37.9 Å². The molecule has 15 heavy (non-hydrogen) atoms. The number of nitrogens with zero attached hydrogens (tertiary/aromatic N) is 1. The maximum absolute atomic E-state index is 3.30. The third-order valence-corrected chi connectivity index (χ3v) is 2.95. The van der Waals surface area contributed by atoms with Crippen molar-refractivity contribution in [3.8, 4) is 0 Å². The van der Waals surface area contributed by atoms with E-state index in [-0.39, 0.29) is 0 Å². The Morgan fingerprint density at radius 3 is 2.33 bits per heavy atom. The van der Waals surface area contributed by atoms with Gasteiger partial charge in [-0.25, -0.2) is 0 Å². The predicted molar refractivity (Wildman–Crippen MR) is 67.1 cm³/mol. The van der Waals surface area contributed by atoms with Crippen LogP contribution in [0.4, 0.5) is 0 Å². The first-order chi connectivity index (χ1) is 6.94. The van der Waals surface area contributed by atoms with Crippen LogP contribution < -0.4 is 5.32 Å². The molecule has 1 aliphatic rings. The molecule has 0 saturated heterocycles. The van der Waals surface area contributed by atoms with Gasteiger partial charge in [0.05, 0.1) is 0 Å². The fourth-order valence-electron chi connectivity index (χ4n) is 2.34. The van der Waals surface area contributed by atoms with E-state index in [0.717, 1.165) is 18.5 Å². The van der Waals surface area contributed by atoms with E-state index >= 15 is 0 Å². The topological polar surface area (TPSA) is 15.3 Å². The third-order valence-electron chi connectivity index (χ3n) is 2.95. The quantitative estimate of drug-likeness (QED) is 0.697. The molecule has 0 spiro atoms. The van der Waals surface area contributed by atoms with E-state index in [1.54, 1.807) is 0 Å². The maximum atomic E-state index is 3.30. The highest BCUT2D eigenvalue weighted by atomic mass is 15.2. The lowest BCUT2D eigenvalue weighted by Crippen LogP contribution is -2.42. The second-order valence-electron chi connectivity index (χ2n) is 6.25. The van der Waals surface area contributed by atoms with Gasteiger partial charge in [0.2, 0.25) is 0 Å². The van der Waals surface area contributed by atoms with Crippen LogP contribution in [0.1, 0.15) is 40.5 Å². The molecule has 1 fully saturated rings. The molecule has 90 valence electrons. The van der Waals surface area contributed by atoms with Crippen molar-refractivity contribution in [3.63, 3.8) is 0 Å². The molecule has 2 heteroatoms. The molecule has 0 amide bonds. The number of hydrogen-bond donors (Lipinski definition) is 1. The van der Waals surface area contributed by atoms with Crippen LogP contribution in [-0.4, -0.2) is 37.6 Å². The number of nitrogens with one attached hydrogen (secondary N) is 1. The van der Waals surface area contributed by atoms with E-state index in [9.17, 15) is 0 Å². The molecule has 1 rings (SSSR count). The molecule has 1 saturated carbocycles. The molecule has 0 atom stereocenters. The second-order valence-corrected chi connectivity index (χ2v) is 6.25. The van der Waals surface area contributed by atoms with Crippen molar-refractivity contribution in [2.45, 2.75) is 46.6 Å². The monoisotopic (exact) mass is 212 g/mol. The van der Waals surface area contributed by atoms with E-state index in [1.807, 2.05) is 7.05 Å². The minimum absolute atomic E-state index is 0.395. The van der Waals surface area contributed by atoms with Gasteiger partial charge in [0.25, 0.3) is 0 Å². The summed E-state index contributed by atoms with van der Waals surface area (Å²) in [5.74, 6) is 0.788. The fourth-order valence-corrected chi connectivity index (χ4v) is 2.34. The summed E-state index contributed by atoms with van der Waals surface area (Å²) in [4.78, 5) is 2.70. The third kappa shape index (κ3) is 4.98. The Labute approximate surface area is 95.4 Å². The van der Waals surface area contributed by atoms with Crippen molar-refractivity contribution in [1.82, 2.24) is 10.2 Å². The summed E-state index contributed by atoms with van der Waals surface area (Å²) in [6.07, 6.45) is 2.84. The van der Waals surface area contributed by atoms with Gasteiger partial charge in [0, 0.05) is 25.7 Å². The Morgan fingerprint density at radius 2 is 1.93 bits per heavy atom. The Balaban J connectivity index is 2.42. The van der Waals surface area contributed by atoms with E-state index in [4.69, 9.17) is 0 Å². The Bertz CT molecular complexity index is 183. The molecule has 0 bridgehead atoms. The molecule has 2 nitrogen and oxygen atoms in total. The molecule has 0 radical (unpaired) electrons. The maximum Gasteiger partial charge on any atom is 0.00967 e. The SMILES string of the molecule is CNCC(C)(C)CN(CC(C)C)C1CC1. The number of rotatable bonds is 7. The lowest BCUT2D eigenvalue weighted by Gasteiger charge is -2.33. The molecular weight excluding hydrogens is 184 g/mol. The van der Waals surface area contributed by atoms with Gasteiger partial charge in [-0.15, -0.1) is 0 Å². The van der Waals surface area contributed by atoms with Crippen LogP contribution in [0.15, 0.2) is 0 Å². The van der Waals surface area contributed by atoms with Crippen LogP contribution in [0, 0.1) is 11.3 Å². The minimum Gasteiger partial charge on any atom is -0.319 e. The fraction of sp³-hybridized carbons (Fsp3) is 1.00. The molecule has 0 aromatic rings.